The lowest BCUT2D eigenvalue weighted by Crippen LogP contribution is -2.50. The van der Waals surface area contributed by atoms with Crippen molar-refractivity contribution < 1.29 is 14.3 Å². The molecule has 1 saturated heterocycles. The Morgan fingerprint density at radius 2 is 1.81 bits per heavy atom. The molecule has 4 heteroatoms. The third kappa shape index (κ3) is 4.45. The van der Waals surface area contributed by atoms with Gasteiger partial charge in [0.25, 0.3) is 0 Å². The zero-order chi connectivity index (χ0) is 15.5. The molecular weight excluding hydrogens is 266 g/mol. The lowest BCUT2D eigenvalue weighted by Gasteiger charge is -2.38. The first kappa shape index (κ1) is 15.3. The number of carbonyl (C=O) groups is 2. The van der Waals surface area contributed by atoms with Crippen LogP contribution in [-0.4, -0.2) is 35.5 Å². The van der Waals surface area contributed by atoms with Gasteiger partial charge < -0.3 is 9.64 Å². The number of ketones is 1. The van der Waals surface area contributed by atoms with Crippen LogP contribution in [0.3, 0.4) is 0 Å². The molecule has 4 nitrogen and oxygen atoms in total. The maximum Gasteiger partial charge on any atom is 0.410 e. The minimum atomic E-state index is -0.471. The van der Waals surface area contributed by atoms with E-state index in [1.54, 1.807) is 23.1 Å². The minimum Gasteiger partial charge on any atom is -0.444 e. The summed E-state index contributed by atoms with van der Waals surface area (Å²) in [4.78, 5) is 25.3. The van der Waals surface area contributed by atoms with Crippen LogP contribution in [0.15, 0.2) is 42.5 Å². The van der Waals surface area contributed by atoms with Gasteiger partial charge in [-0.15, -0.1) is 0 Å². The van der Waals surface area contributed by atoms with E-state index in [2.05, 4.69) is 0 Å². The number of allylic oxidation sites excluding steroid dienone is 1. The van der Waals surface area contributed by atoms with E-state index in [0.717, 1.165) is 0 Å². The quantitative estimate of drug-likeness (QED) is 0.633. The van der Waals surface area contributed by atoms with Crippen LogP contribution >= 0.6 is 0 Å². The third-order valence-corrected chi connectivity index (χ3v) is 3.14. The highest BCUT2D eigenvalue weighted by molar-refractivity contribution is 6.04. The average molecular weight is 287 g/mol. The Bertz CT molecular complexity index is 537. The van der Waals surface area contributed by atoms with Gasteiger partial charge in [-0.3, -0.25) is 4.79 Å². The van der Waals surface area contributed by atoms with Crippen LogP contribution in [0, 0.1) is 5.92 Å². The molecule has 0 aliphatic carbocycles. The molecule has 112 valence electrons. The summed E-state index contributed by atoms with van der Waals surface area (Å²) in [6, 6.07) is 9.15. The van der Waals surface area contributed by atoms with Crippen molar-refractivity contribution in [3.63, 3.8) is 0 Å². The van der Waals surface area contributed by atoms with Gasteiger partial charge in [-0.1, -0.05) is 36.4 Å². The topological polar surface area (TPSA) is 46.6 Å². The van der Waals surface area contributed by atoms with Crippen molar-refractivity contribution in [3.8, 4) is 0 Å². The molecule has 0 unspecified atom stereocenters. The first-order chi connectivity index (χ1) is 9.85. The van der Waals surface area contributed by atoms with Gasteiger partial charge in [0.05, 0.1) is 0 Å². The number of hydrogen-bond donors (Lipinski definition) is 0. The van der Waals surface area contributed by atoms with E-state index >= 15 is 0 Å². The molecule has 1 aromatic rings. The van der Waals surface area contributed by atoms with E-state index in [0.29, 0.717) is 18.7 Å². The SMILES string of the molecule is CC(C)(C)OC(=O)N1CC(/C=C/C(=O)c2ccccc2)C1. The van der Waals surface area contributed by atoms with Crippen molar-refractivity contribution in [2.24, 2.45) is 5.92 Å². The van der Waals surface area contributed by atoms with Crippen molar-refractivity contribution in [2.75, 3.05) is 13.1 Å². The number of likely N-dealkylation sites (tertiary alicyclic amines) is 1. The lowest BCUT2D eigenvalue weighted by molar-refractivity contribution is 0.00493. The van der Waals surface area contributed by atoms with Crippen LogP contribution in [0.25, 0.3) is 0 Å². The summed E-state index contributed by atoms with van der Waals surface area (Å²) in [6.45, 7) is 6.75. The summed E-state index contributed by atoms with van der Waals surface area (Å²) in [5, 5.41) is 0. The second-order valence-corrected chi connectivity index (χ2v) is 6.23. The van der Waals surface area contributed by atoms with Crippen molar-refractivity contribution in [2.45, 2.75) is 26.4 Å². The fraction of sp³-hybridized carbons (Fsp3) is 0.412. The molecule has 0 bridgehead atoms. The van der Waals surface area contributed by atoms with Gasteiger partial charge >= 0.3 is 6.09 Å². The number of carbonyl (C=O) groups excluding carboxylic acids is 2. The second kappa shape index (κ2) is 6.12. The van der Waals surface area contributed by atoms with Crippen molar-refractivity contribution in [1.29, 1.82) is 0 Å². The standard InChI is InChI=1S/C17H21NO3/c1-17(2,3)21-16(20)18-11-13(12-18)9-10-15(19)14-7-5-4-6-8-14/h4-10,13H,11-12H2,1-3H3/b10-9+. The molecule has 21 heavy (non-hydrogen) atoms. The van der Waals surface area contributed by atoms with E-state index in [-0.39, 0.29) is 17.8 Å². The molecule has 1 aliphatic rings. The predicted octanol–water partition coefficient (Wildman–Crippen LogP) is 3.29. The van der Waals surface area contributed by atoms with Gasteiger partial charge in [-0.25, -0.2) is 4.79 Å². The predicted molar refractivity (Wildman–Crippen MR) is 81.2 cm³/mol. The van der Waals surface area contributed by atoms with Gasteiger partial charge in [-0.05, 0) is 26.8 Å². The molecule has 1 aromatic carbocycles. The smallest absolute Gasteiger partial charge is 0.410 e. The van der Waals surface area contributed by atoms with Crippen LogP contribution in [-0.2, 0) is 4.74 Å². The first-order valence-electron chi connectivity index (χ1n) is 7.11. The second-order valence-electron chi connectivity index (χ2n) is 6.23. The number of amides is 1. The van der Waals surface area contributed by atoms with Crippen molar-refractivity contribution >= 4 is 11.9 Å². The molecule has 0 N–H and O–H groups in total. The van der Waals surface area contributed by atoms with Gasteiger partial charge in [0, 0.05) is 24.6 Å². The molecule has 1 amide bonds. The van der Waals surface area contributed by atoms with E-state index in [4.69, 9.17) is 4.74 Å². The van der Waals surface area contributed by atoms with Crippen LogP contribution in [0.4, 0.5) is 4.79 Å². The van der Waals surface area contributed by atoms with Crippen LogP contribution < -0.4 is 0 Å². The highest BCUT2D eigenvalue weighted by Crippen LogP contribution is 2.20. The molecule has 0 atom stereocenters. The average Bonchev–Trinajstić information content (AvgIpc) is 2.35. The number of nitrogens with zero attached hydrogens (tertiary/aromatic N) is 1. The summed E-state index contributed by atoms with van der Waals surface area (Å²) in [5.41, 5.74) is 0.207. The van der Waals surface area contributed by atoms with E-state index < -0.39 is 5.60 Å². The molecular formula is C17H21NO3. The lowest BCUT2D eigenvalue weighted by atomic mass is 9.99. The molecule has 0 saturated carbocycles. The Morgan fingerprint density at radius 1 is 1.19 bits per heavy atom. The summed E-state index contributed by atoms with van der Waals surface area (Å²) < 4.78 is 5.28. The minimum absolute atomic E-state index is 0.00804. The van der Waals surface area contributed by atoms with Crippen molar-refractivity contribution in [1.82, 2.24) is 4.90 Å². The molecule has 1 fully saturated rings. The molecule has 2 rings (SSSR count). The first-order valence-corrected chi connectivity index (χ1v) is 7.11. The monoisotopic (exact) mass is 287 g/mol. The number of rotatable bonds is 3. The molecule has 0 spiro atoms. The van der Waals surface area contributed by atoms with Crippen LogP contribution in [0.5, 0.6) is 0 Å². The van der Waals surface area contributed by atoms with Crippen LogP contribution in [0.2, 0.25) is 0 Å². The summed E-state index contributed by atoms with van der Waals surface area (Å²) in [7, 11) is 0. The Kier molecular flexibility index (Phi) is 4.46. The largest absolute Gasteiger partial charge is 0.444 e. The molecule has 1 aliphatic heterocycles. The van der Waals surface area contributed by atoms with E-state index in [1.165, 1.54) is 0 Å². The highest BCUT2D eigenvalue weighted by atomic mass is 16.6. The Hall–Kier alpha value is -2.10. The van der Waals surface area contributed by atoms with Crippen molar-refractivity contribution in [3.05, 3.63) is 48.0 Å². The summed E-state index contributed by atoms with van der Waals surface area (Å²) >= 11 is 0. The number of benzene rings is 1. The Balaban J connectivity index is 1.79. The normalized spacial score (nSPS) is 15.9. The number of ether oxygens (including phenoxy) is 1. The van der Waals surface area contributed by atoms with Gasteiger partial charge in [0.15, 0.2) is 5.78 Å². The molecule has 0 radical (unpaired) electrons. The van der Waals surface area contributed by atoms with Gasteiger partial charge in [0.2, 0.25) is 0 Å². The Labute approximate surface area is 125 Å². The fourth-order valence-electron chi connectivity index (χ4n) is 2.03. The maximum absolute atomic E-state index is 11.9. The van der Waals surface area contributed by atoms with Crippen LogP contribution in [0.1, 0.15) is 31.1 Å². The van der Waals surface area contributed by atoms with E-state index in [1.807, 2.05) is 45.0 Å². The zero-order valence-corrected chi connectivity index (χ0v) is 12.7. The summed E-state index contributed by atoms with van der Waals surface area (Å²) in [6.07, 6.45) is 3.17. The Morgan fingerprint density at radius 3 is 2.38 bits per heavy atom. The fourth-order valence-corrected chi connectivity index (χ4v) is 2.03. The van der Waals surface area contributed by atoms with Gasteiger partial charge in [-0.2, -0.15) is 0 Å². The molecule has 0 aromatic heterocycles. The highest BCUT2D eigenvalue weighted by Gasteiger charge is 2.32. The molecule has 1 heterocycles. The zero-order valence-electron chi connectivity index (χ0n) is 12.7. The third-order valence-electron chi connectivity index (χ3n) is 3.14. The van der Waals surface area contributed by atoms with E-state index in [9.17, 15) is 9.59 Å². The number of hydrogen-bond acceptors (Lipinski definition) is 3. The summed E-state index contributed by atoms with van der Waals surface area (Å²) in [5.74, 6) is 0.219. The van der Waals surface area contributed by atoms with Gasteiger partial charge in [0.1, 0.15) is 5.60 Å². The maximum atomic E-state index is 11.9.